The van der Waals surface area contributed by atoms with Gasteiger partial charge in [0.05, 0.1) is 25.3 Å². The van der Waals surface area contributed by atoms with Crippen molar-refractivity contribution in [1.29, 1.82) is 0 Å². The second kappa shape index (κ2) is 5.69. The molecule has 2 heterocycles. The molecule has 3 rings (SSSR count). The first-order chi connectivity index (χ1) is 10.2. The fourth-order valence-corrected chi connectivity index (χ4v) is 2.79. The maximum atomic E-state index is 12.6. The fraction of sp³-hybridized carbons (Fsp3) is 0.375. The number of rotatable bonds is 3. The Morgan fingerprint density at radius 1 is 1.43 bits per heavy atom. The summed E-state index contributed by atoms with van der Waals surface area (Å²) in [6.45, 7) is 0.604. The fourth-order valence-electron chi connectivity index (χ4n) is 2.79. The van der Waals surface area contributed by atoms with Crippen molar-refractivity contribution in [3.05, 3.63) is 47.8 Å². The summed E-state index contributed by atoms with van der Waals surface area (Å²) in [5, 5.41) is 4.11. The van der Waals surface area contributed by atoms with Crippen LogP contribution in [0, 0.1) is 0 Å². The lowest BCUT2D eigenvalue weighted by molar-refractivity contribution is -0.118. The van der Waals surface area contributed by atoms with Gasteiger partial charge in [-0.15, -0.1) is 0 Å². The van der Waals surface area contributed by atoms with E-state index >= 15 is 0 Å². The zero-order valence-corrected chi connectivity index (χ0v) is 12.3. The van der Waals surface area contributed by atoms with Crippen LogP contribution in [-0.4, -0.2) is 35.4 Å². The van der Waals surface area contributed by atoms with E-state index in [2.05, 4.69) is 11.2 Å². The lowest BCUT2D eigenvalue weighted by Gasteiger charge is -2.34. The second-order valence-electron chi connectivity index (χ2n) is 5.39. The molecule has 0 bridgehead atoms. The van der Waals surface area contributed by atoms with Gasteiger partial charge in [-0.25, -0.2) is 0 Å². The number of amides is 1. The number of aryl methyl sites for hydroxylation is 1. The standard InChI is InChI=1S/C16H19N3O2/c1-18-10-12(9-17-18)7-16(20)19-11-14(21-2)8-13-5-3-4-6-15(13)19/h3-6,9-10,14H,7-8,11H2,1-2H3. The topological polar surface area (TPSA) is 47.4 Å². The molecule has 110 valence electrons. The molecule has 1 amide bonds. The summed E-state index contributed by atoms with van der Waals surface area (Å²) in [4.78, 5) is 14.5. The molecule has 0 fully saturated rings. The van der Waals surface area contributed by atoms with E-state index < -0.39 is 0 Å². The second-order valence-corrected chi connectivity index (χ2v) is 5.39. The number of hydrogen-bond acceptors (Lipinski definition) is 3. The predicted molar refractivity (Wildman–Crippen MR) is 80.2 cm³/mol. The van der Waals surface area contributed by atoms with E-state index in [1.165, 1.54) is 0 Å². The smallest absolute Gasteiger partial charge is 0.231 e. The van der Waals surface area contributed by atoms with Crippen molar-refractivity contribution in [1.82, 2.24) is 9.78 Å². The van der Waals surface area contributed by atoms with Crippen LogP contribution in [0.3, 0.4) is 0 Å². The molecule has 1 aromatic heterocycles. The molecule has 0 saturated carbocycles. The van der Waals surface area contributed by atoms with E-state index in [1.54, 1.807) is 18.0 Å². The molecule has 5 heteroatoms. The molecule has 0 N–H and O–H groups in total. The van der Waals surface area contributed by atoms with Gasteiger partial charge in [0.25, 0.3) is 0 Å². The van der Waals surface area contributed by atoms with Crippen molar-refractivity contribution in [2.45, 2.75) is 18.9 Å². The Labute approximate surface area is 124 Å². The number of methoxy groups -OCH3 is 1. The first-order valence-electron chi connectivity index (χ1n) is 7.06. The van der Waals surface area contributed by atoms with Crippen molar-refractivity contribution in [2.24, 2.45) is 7.05 Å². The highest BCUT2D eigenvalue weighted by Crippen LogP contribution is 2.28. The molecule has 21 heavy (non-hydrogen) atoms. The van der Waals surface area contributed by atoms with Gasteiger partial charge in [0.15, 0.2) is 0 Å². The minimum absolute atomic E-state index is 0.0535. The van der Waals surface area contributed by atoms with Crippen LogP contribution in [0.15, 0.2) is 36.7 Å². The molecular formula is C16H19N3O2. The monoisotopic (exact) mass is 285 g/mol. The van der Waals surface area contributed by atoms with Gasteiger partial charge in [-0.1, -0.05) is 18.2 Å². The van der Waals surface area contributed by atoms with Crippen LogP contribution in [0.25, 0.3) is 0 Å². The summed E-state index contributed by atoms with van der Waals surface area (Å²) < 4.78 is 7.19. The molecule has 1 aliphatic rings. The van der Waals surface area contributed by atoms with Crippen molar-refractivity contribution >= 4 is 11.6 Å². The Morgan fingerprint density at radius 2 is 2.24 bits per heavy atom. The average Bonchev–Trinajstić information content (AvgIpc) is 2.91. The maximum Gasteiger partial charge on any atom is 0.231 e. The number of anilines is 1. The average molecular weight is 285 g/mol. The van der Waals surface area contributed by atoms with Crippen molar-refractivity contribution < 1.29 is 9.53 Å². The minimum atomic E-state index is 0.0535. The van der Waals surface area contributed by atoms with Crippen LogP contribution in [0.1, 0.15) is 11.1 Å². The van der Waals surface area contributed by atoms with Gasteiger partial charge < -0.3 is 9.64 Å². The van der Waals surface area contributed by atoms with Gasteiger partial charge in [-0.05, 0) is 17.2 Å². The van der Waals surface area contributed by atoms with Gasteiger partial charge in [-0.3, -0.25) is 9.48 Å². The Bertz CT molecular complexity index is 650. The highest BCUT2D eigenvalue weighted by atomic mass is 16.5. The number of carbonyl (C=O) groups excluding carboxylic acids is 1. The molecule has 0 radical (unpaired) electrons. The van der Waals surface area contributed by atoms with Crippen LogP contribution in [0.4, 0.5) is 5.69 Å². The summed E-state index contributed by atoms with van der Waals surface area (Å²) in [7, 11) is 3.55. The van der Waals surface area contributed by atoms with E-state index in [4.69, 9.17) is 4.74 Å². The first kappa shape index (κ1) is 13.8. The molecule has 5 nitrogen and oxygen atoms in total. The maximum absolute atomic E-state index is 12.6. The van der Waals surface area contributed by atoms with Crippen LogP contribution < -0.4 is 4.90 Å². The summed E-state index contributed by atoms with van der Waals surface area (Å²) in [6, 6.07) is 8.03. The third kappa shape index (κ3) is 2.83. The van der Waals surface area contributed by atoms with Crippen molar-refractivity contribution in [2.75, 3.05) is 18.6 Å². The van der Waals surface area contributed by atoms with E-state index in [1.807, 2.05) is 36.3 Å². The quantitative estimate of drug-likeness (QED) is 0.860. The van der Waals surface area contributed by atoms with Crippen LogP contribution in [0.2, 0.25) is 0 Å². The number of aromatic nitrogens is 2. The number of benzene rings is 1. The number of hydrogen-bond donors (Lipinski definition) is 0. The molecule has 1 aliphatic heterocycles. The summed E-state index contributed by atoms with van der Waals surface area (Å²) in [5.74, 6) is 0.0807. The summed E-state index contributed by atoms with van der Waals surface area (Å²) in [6.07, 6.45) is 4.88. The summed E-state index contributed by atoms with van der Waals surface area (Å²) in [5.41, 5.74) is 3.09. The molecule has 0 spiro atoms. The molecule has 0 saturated heterocycles. The van der Waals surface area contributed by atoms with Crippen LogP contribution in [-0.2, 0) is 29.4 Å². The summed E-state index contributed by atoms with van der Waals surface area (Å²) >= 11 is 0. The molecule has 2 aromatic rings. The van der Waals surface area contributed by atoms with Gasteiger partial charge >= 0.3 is 0 Å². The first-order valence-corrected chi connectivity index (χ1v) is 7.06. The number of para-hydroxylation sites is 1. The predicted octanol–water partition coefficient (Wildman–Crippen LogP) is 1.57. The van der Waals surface area contributed by atoms with E-state index in [0.29, 0.717) is 13.0 Å². The van der Waals surface area contributed by atoms with Crippen LogP contribution in [0.5, 0.6) is 0 Å². The van der Waals surface area contributed by atoms with Crippen molar-refractivity contribution in [3.8, 4) is 0 Å². The molecule has 1 atom stereocenters. The number of carbonyl (C=O) groups is 1. The Kier molecular flexibility index (Phi) is 3.75. The molecular weight excluding hydrogens is 266 g/mol. The molecule has 0 aliphatic carbocycles. The Balaban J connectivity index is 1.84. The van der Waals surface area contributed by atoms with Gasteiger partial charge in [0, 0.05) is 32.5 Å². The van der Waals surface area contributed by atoms with E-state index in [0.717, 1.165) is 23.2 Å². The zero-order valence-electron chi connectivity index (χ0n) is 12.3. The van der Waals surface area contributed by atoms with Gasteiger partial charge in [-0.2, -0.15) is 5.10 Å². The number of fused-ring (bicyclic) bond motifs is 1. The van der Waals surface area contributed by atoms with Gasteiger partial charge in [0.1, 0.15) is 0 Å². The normalized spacial score (nSPS) is 17.6. The number of ether oxygens (including phenoxy) is 1. The van der Waals surface area contributed by atoms with Gasteiger partial charge in [0.2, 0.25) is 5.91 Å². The molecule has 1 unspecified atom stereocenters. The van der Waals surface area contributed by atoms with E-state index in [9.17, 15) is 4.79 Å². The Hall–Kier alpha value is -2.14. The third-order valence-electron chi connectivity index (χ3n) is 3.86. The number of nitrogens with zero attached hydrogens (tertiary/aromatic N) is 3. The van der Waals surface area contributed by atoms with E-state index in [-0.39, 0.29) is 12.0 Å². The largest absolute Gasteiger partial charge is 0.379 e. The van der Waals surface area contributed by atoms with Crippen molar-refractivity contribution in [3.63, 3.8) is 0 Å². The zero-order chi connectivity index (χ0) is 14.8. The highest BCUT2D eigenvalue weighted by Gasteiger charge is 2.28. The third-order valence-corrected chi connectivity index (χ3v) is 3.86. The lowest BCUT2D eigenvalue weighted by atomic mass is 9.99. The lowest BCUT2D eigenvalue weighted by Crippen LogP contribution is -2.43. The minimum Gasteiger partial charge on any atom is -0.379 e. The SMILES string of the molecule is COC1Cc2ccccc2N(C(=O)Cc2cnn(C)c2)C1. The highest BCUT2D eigenvalue weighted by molar-refractivity contribution is 5.96. The van der Waals surface area contributed by atoms with Crippen LogP contribution >= 0.6 is 0 Å². The molecule has 1 aromatic carbocycles. The Morgan fingerprint density at radius 3 is 2.95 bits per heavy atom.